The Hall–Kier alpha value is -1.79. The molecule has 0 aliphatic heterocycles. The van der Waals surface area contributed by atoms with E-state index in [1.54, 1.807) is 6.92 Å². The van der Waals surface area contributed by atoms with Crippen molar-refractivity contribution in [3.8, 4) is 5.75 Å². The van der Waals surface area contributed by atoms with Crippen LogP contribution in [0.4, 0.5) is 5.69 Å². The Kier molecular flexibility index (Phi) is 4.52. The third-order valence-electron chi connectivity index (χ3n) is 2.95. The van der Waals surface area contributed by atoms with E-state index in [-0.39, 0.29) is 30.2 Å². The van der Waals surface area contributed by atoms with Gasteiger partial charge in [-0.25, -0.2) is 0 Å². The minimum absolute atomic E-state index is 0.178. The van der Waals surface area contributed by atoms with E-state index in [9.17, 15) is 20.1 Å². The molecule has 0 unspecified atom stereocenters. The summed E-state index contributed by atoms with van der Waals surface area (Å²) in [6.07, 6.45) is 0.382. The molecular weight excluding hydrogens is 236 g/mol. The highest BCUT2D eigenvalue weighted by Crippen LogP contribution is 2.21. The summed E-state index contributed by atoms with van der Waals surface area (Å²) in [5, 5.41) is 30.4. The van der Waals surface area contributed by atoms with Gasteiger partial charge in [0, 0.05) is 5.56 Å². The van der Waals surface area contributed by atoms with Crippen LogP contribution in [-0.2, 0) is 0 Å². The molecule has 6 heteroatoms. The molecule has 1 aromatic carbocycles. The van der Waals surface area contributed by atoms with Crippen molar-refractivity contribution in [2.45, 2.75) is 18.9 Å². The monoisotopic (exact) mass is 254 g/mol. The van der Waals surface area contributed by atoms with Crippen molar-refractivity contribution >= 4 is 11.6 Å². The number of aliphatic hydroxyl groups is 2. The molecule has 1 aromatic rings. The van der Waals surface area contributed by atoms with Gasteiger partial charge < -0.3 is 26.4 Å². The number of amides is 1. The first-order valence-electron chi connectivity index (χ1n) is 5.60. The minimum Gasteiger partial charge on any atom is -0.506 e. The molecule has 0 heterocycles. The van der Waals surface area contributed by atoms with Gasteiger partial charge in [-0.15, -0.1) is 0 Å². The number of nitrogens with two attached hydrogens (primary N) is 1. The van der Waals surface area contributed by atoms with Gasteiger partial charge in [0.1, 0.15) is 5.75 Å². The molecule has 0 atom stereocenters. The maximum Gasteiger partial charge on any atom is 0.252 e. The Morgan fingerprint density at radius 3 is 2.44 bits per heavy atom. The van der Waals surface area contributed by atoms with E-state index in [1.165, 1.54) is 18.2 Å². The Labute approximate surface area is 105 Å². The summed E-state index contributed by atoms with van der Waals surface area (Å²) in [6, 6.07) is 4.11. The van der Waals surface area contributed by atoms with Crippen molar-refractivity contribution in [3.05, 3.63) is 23.8 Å². The highest BCUT2D eigenvalue weighted by Gasteiger charge is 2.29. The maximum absolute atomic E-state index is 11.9. The predicted molar refractivity (Wildman–Crippen MR) is 67.2 cm³/mol. The summed E-state index contributed by atoms with van der Waals surface area (Å²) in [4.78, 5) is 11.9. The van der Waals surface area contributed by atoms with Crippen LogP contribution in [0.5, 0.6) is 5.75 Å². The largest absolute Gasteiger partial charge is 0.506 e. The molecule has 0 aromatic heterocycles. The van der Waals surface area contributed by atoms with Crippen molar-refractivity contribution in [2.24, 2.45) is 0 Å². The molecule has 0 fully saturated rings. The molecule has 0 spiro atoms. The van der Waals surface area contributed by atoms with E-state index in [4.69, 9.17) is 5.73 Å². The summed E-state index contributed by atoms with van der Waals surface area (Å²) >= 11 is 0. The quantitative estimate of drug-likeness (QED) is 0.370. The summed E-state index contributed by atoms with van der Waals surface area (Å²) in [6.45, 7) is 1.01. The van der Waals surface area contributed by atoms with Gasteiger partial charge in [-0.2, -0.15) is 0 Å². The van der Waals surface area contributed by atoms with Crippen LogP contribution in [0.2, 0.25) is 0 Å². The van der Waals surface area contributed by atoms with Crippen LogP contribution in [-0.4, -0.2) is 40.0 Å². The number of benzene rings is 1. The van der Waals surface area contributed by atoms with Crippen molar-refractivity contribution in [3.63, 3.8) is 0 Å². The van der Waals surface area contributed by atoms with Crippen LogP contribution >= 0.6 is 0 Å². The fourth-order valence-corrected chi connectivity index (χ4v) is 1.44. The topological polar surface area (TPSA) is 116 Å². The Balaban J connectivity index is 2.90. The SMILES string of the molecule is CCC(CO)(CO)NC(=O)c1ccc(N)c(O)c1. The number of phenols is 1. The number of aliphatic hydroxyl groups excluding tert-OH is 2. The van der Waals surface area contributed by atoms with Gasteiger partial charge in [-0.1, -0.05) is 6.92 Å². The number of anilines is 1. The fraction of sp³-hybridized carbons (Fsp3) is 0.417. The lowest BCUT2D eigenvalue weighted by Crippen LogP contribution is -2.53. The van der Waals surface area contributed by atoms with Crippen LogP contribution in [0.3, 0.4) is 0 Å². The number of aromatic hydroxyl groups is 1. The normalized spacial score (nSPS) is 11.3. The number of nitrogens with one attached hydrogen (secondary N) is 1. The van der Waals surface area contributed by atoms with Gasteiger partial charge in [0.2, 0.25) is 0 Å². The highest BCUT2D eigenvalue weighted by molar-refractivity contribution is 5.95. The molecule has 0 aliphatic rings. The number of carbonyl (C=O) groups is 1. The van der Waals surface area contributed by atoms with Crippen LogP contribution in [0.15, 0.2) is 18.2 Å². The molecule has 0 radical (unpaired) electrons. The number of rotatable bonds is 5. The molecule has 6 N–H and O–H groups in total. The average molecular weight is 254 g/mol. The van der Waals surface area contributed by atoms with E-state index >= 15 is 0 Å². The number of nitrogen functional groups attached to an aromatic ring is 1. The highest BCUT2D eigenvalue weighted by atomic mass is 16.3. The molecule has 1 amide bonds. The van der Waals surface area contributed by atoms with Crippen LogP contribution < -0.4 is 11.1 Å². The maximum atomic E-state index is 11.9. The minimum atomic E-state index is -1.06. The smallest absolute Gasteiger partial charge is 0.252 e. The zero-order chi connectivity index (χ0) is 13.8. The first-order valence-corrected chi connectivity index (χ1v) is 5.60. The molecule has 0 bridgehead atoms. The number of hydrogen-bond donors (Lipinski definition) is 5. The summed E-state index contributed by atoms with van der Waals surface area (Å²) < 4.78 is 0. The molecular formula is C12H18N2O4. The first-order chi connectivity index (χ1) is 8.48. The van der Waals surface area contributed by atoms with Gasteiger partial charge in [-0.05, 0) is 24.6 Å². The summed E-state index contributed by atoms with van der Waals surface area (Å²) in [5.74, 6) is -0.673. The van der Waals surface area contributed by atoms with Gasteiger partial charge in [0.05, 0.1) is 24.4 Å². The molecule has 0 aliphatic carbocycles. The van der Waals surface area contributed by atoms with Gasteiger partial charge >= 0.3 is 0 Å². The zero-order valence-corrected chi connectivity index (χ0v) is 10.2. The van der Waals surface area contributed by atoms with Crippen LogP contribution in [0.1, 0.15) is 23.7 Å². The van der Waals surface area contributed by atoms with Crippen LogP contribution in [0.25, 0.3) is 0 Å². The van der Waals surface area contributed by atoms with E-state index in [1.807, 2.05) is 0 Å². The number of phenolic OH excluding ortho intramolecular Hbond substituents is 1. The second kappa shape index (κ2) is 5.70. The Morgan fingerprint density at radius 1 is 1.39 bits per heavy atom. The van der Waals surface area contributed by atoms with Crippen molar-refractivity contribution < 1.29 is 20.1 Å². The second-order valence-electron chi connectivity index (χ2n) is 4.18. The third-order valence-corrected chi connectivity index (χ3v) is 2.95. The van der Waals surface area contributed by atoms with E-state index < -0.39 is 11.4 Å². The van der Waals surface area contributed by atoms with Gasteiger partial charge in [0.15, 0.2) is 0 Å². The van der Waals surface area contributed by atoms with Gasteiger partial charge in [0.25, 0.3) is 5.91 Å². The molecule has 100 valence electrons. The number of hydrogen-bond acceptors (Lipinski definition) is 5. The lowest BCUT2D eigenvalue weighted by Gasteiger charge is -2.29. The lowest BCUT2D eigenvalue weighted by atomic mass is 9.97. The van der Waals surface area contributed by atoms with Crippen LogP contribution in [0, 0.1) is 0 Å². The van der Waals surface area contributed by atoms with Crippen molar-refractivity contribution in [2.75, 3.05) is 18.9 Å². The molecule has 18 heavy (non-hydrogen) atoms. The van der Waals surface area contributed by atoms with E-state index in [2.05, 4.69) is 5.32 Å². The molecule has 0 saturated heterocycles. The summed E-state index contributed by atoms with van der Waals surface area (Å²) in [7, 11) is 0. The predicted octanol–water partition coefficient (Wildman–Crippen LogP) is -0.162. The molecule has 1 rings (SSSR count). The fourth-order valence-electron chi connectivity index (χ4n) is 1.44. The summed E-state index contributed by atoms with van der Waals surface area (Å²) in [5.41, 5.74) is 4.76. The standard InChI is InChI=1S/C12H18N2O4/c1-2-12(6-15,7-16)14-11(18)8-3-4-9(13)10(17)5-8/h3-5,15-17H,2,6-7,13H2,1H3,(H,14,18). The van der Waals surface area contributed by atoms with E-state index in [0.29, 0.717) is 6.42 Å². The van der Waals surface area contributed by atoms with E-state index in [0.717, 1.165) is 0 Å². The second-order valence-corrected chi connectivity index (χ2v) is 4.18. The van der Waals surface area contributed by atoms with Crippen molar-refractivity contribution in [1.82, 2.24) is 5.32 Å². The first kappa shape index (κ1) is 14.3. The lowest BCUT2D eigenvalue weighted by molar-refractivity contribution is 0.0652. The van der Waals surface area contributed by atoms with Gasteiger partial charge in [-0.3, -0.25) is 4.79 Å². The Morgan fingerprint density at radius 2 is 2.00 bits per heavy atom. The third kappa shape index (κ3) is 2.91. The molecule has 0 saturated carbocycles. The number of carbonyl (C=O) groups excluding carboxylic acids is 1. The van der Waals surface area contributed by atoms with Crippen molar-refractivity contribution in [1.29, 1.82) is 0 Å². The zero-order valence-electron chi connectivity index (χ0n) is 10.2. The molecule has 6 nitrogen and oxygen atoms in total. The average Bonchev–Trinajstić information content (AvgIpc) is 2.39. The Bertz CT molecular complexity index is 422.